The van der Waals surface area contributed by atoms with Gasteiger partial charge in [0.05, 0.1) is 17.1 Å². The second kappa shape index (κ2) is 5.54. The second-order valence-corrected chi connectivity index (χ2v) is 4.21. The average molecular weight is 220 g/mol. The van der Waals surface area contributed by atoms with Gasteiger partial charge in [0.25, 0.3) is 0 Å². The Morgan fingerprint density at radius 3 is 2.75 bits per heavy atom. The second-order valence-electron chi connectivity index (χ2n) is 4.21. The molecular weight excluding hydrogens is 200 g/mol. The fourth-order valence-electron chi connectivity index (χ4n) is 1.47. The van der Waals surface area contributed by atoms with Crippen molar-refractivity contribution in [1.82, 2.24) is 4.98 Å². The number of aromatic hydroxyl groups is 1. The normalized spacial score (nSPS) is 11.5. The molecule has 16 heavy (non-hydrogen) atoms. The van der Waals surface area contributed by atoms with Gasteiger partial charge in [-0.05, 0) is 18.4 Å². The van der Waals surface area contributed by atoms with Gasteiger partial charge in [-0.3, -0.25) is 0 Å². The van der Waals surface area contributed by atoms with Gasteiger partial charge in [-0.1, -0.05) is 33.3 Å². The van der Waals surface area contributed by atoms with Gasteiger partial charge in [0.15, 0.2) is 0 Å². The first kappa shape index (κ1) is 12.6. The summed E-state index contributed by atoms with van der Waals surface area (Å²) < 4.78 is 0. The molecule has 0 aliphatic heterocycles. The maximum atomic E-state index is 9.69. The van der Waals surface area contributed by atoms with Gasteiger partial charge < -0.3 is 10.8 Å². The van der Waals surface area contributed by atoms with Crippen LogP contribution in [0.3, 0.4) is 0 Å². The summed E-state index contributed by atoms with van der Waals surface area (Å²) in [5.41, 5.74) is 7.77. The number of nitrogen functional groups attached to an aromatic ring is 1. The standard InChI is InChI=1S/C13H20N2O/c1-4-5-6-7-11-10(14)8-12(16)13(15-11)9(2)3/h6-9,16H,4-5,14H2,1-3H3/b7-6-. The van der Waals surface area contributed by atoms with E-state index in [1.54, 1.807) is 6.07 Å². The molecule has 0 fully saturated rings. The van der Waals surface area contributed by atoms with E-state index in [9.17, 15) is 5.11 Å². The molecule has 0 unspecified atom stereocenters. The van der Waals surface area contributed by atoms with E-state index >= 15 is 0 Å². The van der Waals surface area contributed by atoms with Crippen molar-refractivity contribution < 1.29 is 5.11 Å². The predicted molar refractivity (Wildman–Crippen MR) is 68.3 cm³/mol. The van der Waals surface area contributed by atoms with E-state index in [0.717, 1.165) is 18.5 Å². The number of hydrogen-bond acceptors (Lipinski definition) is 3. The number of pyridine rings is 1. The van der Waals surface area contributed by atoms with E-state index in [1.807, 2.05) is 19.9 Å². The smallest absolute Gasteiger partial charge is 0.139 e. The number of hydrogen-bond donors (Lipinski definition) is 2. The van der Waals surface area contributed by atoms with Crippen LogP contribution >= 0.6 is 0 Å². The molecular formula is C13H20N2O. The van der Waals surface area contributed by atoms with Crippen molar-refractivity contribution >= 4 is 11.8 Å². The van der Waals surface area contributed by atoms with E-state index in [2.05, 4.69) is 18.0 Å². The van der Waals surface area contributed by atoms with Crippen LogP contribution < -0.4 is 5.73 Å². The molecule has 0 aliphatic carbocycles. The van der Waals surface area contributed by atoms with Gasteiger partial charge in [-0.2, -0.15) is 0 Å². The van der Waals surface area contributed by atoms with Gasteiger partial charge in [-0.15, -0.1) is 0 Å². The minimum atomic E-state index is 0.181. The number of nitrogens with two attached hydrogens (primary N) is 1. The number of allylic oxidation sites excluding steroid dienone is 1. The highest BCUT2D eigenvalue weighted by atomic mass is 16.3. The molecule has 0 radical (unpaired) electrons. The first-order valence-corrected chi connectivity index (χ1v) is 5.72. The third-order valence-electron chi connectivity index (χ3n) is 2.37. The Balaban J connectivity index is 3.05. The number of rotatable bonds is 4. The van der Waals surface area contributed by atoms with Crippen molar-refractivity contribution in [3.63, 3.8) is 0 Å². The molecule has 3 N–H and O–H groups in total. The maximum Gasteiger partial charge on any atom is 0.139 e. The molecule has 1 rings (SSSR count). The van der Waals surface area contributed by atoms with Crippen LogP contribution in [0, 0.1) is 0 Å². The van der Waals surface area contributed by atoms with Crippen LogP contribution in [0.4, 0.5) is 5.69 Å². The Morgan fingerprint density at radius 1 is 1.50 bits per heavy atom. The van der Waals surface area contributed by atoms with E-state index in [1.165, 1.54) is 0 Å². The SMILES string of the molecule is CCC/C=C\c1nc(C(C)C)c(O)cc1N. The van der Waals surface area contributed by atoms with Gasteiger partial charge in [-0.25, -0.2) is 4.98 Å². The molecule has 1 aromatic rings. The molecule has 0 aromatic carbocycles. The zero-order chi connectivity index (χ0) is 12.1. The van der Waals surface area contributed by atoms with Gasteiger partial charge in [0.2, 0.25) is 0 Å². The summed E-state index contributed by atoms with van der Waals surface area (Å²) in [6, 6.07) is 1.58. The summed E-state index contributed by atoms with van der Waals surface area (Å²) in [5.74, 6) is 0.374. The van der Waals surface area contributed by atoms with Gasteiger partial charge in [0.1, 0.15) is 5.75 Å². The summed E-state index contributed by atoms with van der Waals surface area (Å²) in [6.07, 6.45) is 6.09. The lowest BCUT2D eigenvalue weighted by Crippen LogP contribution is -1.99. The van der Waals surface area contributed by atoms with Crippen molar-refractivity contribution in [2.24, 2.45) is 0 Å². The summed E-state index contributed by atoms with van der Waals surface area (Å²) >= 11 is 0. The monoisotopic (exact) mass is 220 g/mol. The number of unbranched alkanes of at least 4 members (excludes halogenated alkanes) is 1. The number of aromatic nitrogens is 1. The Bertz CT molecular complexity index is 384. The highest BCUT2D eigenvalue weighted by molar-refractivity contribution is 5.63. The minimum Gasteiger partial charge on any atom is -0.506 e. The molecule has 0 amide bonds. The average Bonchev–Trinajstić information content (AvgIpc) is 2.21. The first-order chi connectivity index (χ1) is 7.56. The molecule has 0 saturated heterocycles. The third-order valence-corrected chi connectivity index (χ3v) is 2.37. The summed E-state index contributed by atoms with van der Waals surface area (Å²) in [7, 11) is 0. The molecule has 0 bridgehead atoms. The van der Waals surface area contributed by atoms with Crippen molar-refractivity contribution in [3.8, 4) is 5.75 Å². The van der Waals surface area contributed by atoms with Crippen molar-refractivity contribution in [1.29, 1.82) is 0 Å². The molecule has 0 saturated carbocycles. The largest absolute Gasteiger partial charge is 0.506 e. The third kappa shape index (κ3) is 2.99. The highest BCUT2D eigenvalue weighted by Gasteiger charge is 2.10. The van der Waals surface area contributed by atoms with E-state index in [0.29, 0.717) is 11.4 Å². The maximum absolute atomic E-state index is 9.69. The molecule has 3 nitrogen and oxygen atoms in total. The molecule has 0 atom stereocenters. The fraction of sp³-hybridized carbons (Fsp3) is 0.462. The fourth-order valence-corrected chi connectivity index (χ4v) is 1.47. The summed E-state index contributed by atoms with van der Waals surface area (Å²) in [5, 5.41) is 9.69. The minimum absolute atomic E-state index is 0.181. The molecule has 1 aromatic heterocycles. The van der Waals surface area contributed by atoms with Crippen molar-refractivity contribution in [3.05, 3.63) is 23.5 Å². The molecule has 0 aliphatic rings. The van der Waals surface area contributed by atoms with Gasteiger partial charge >= 0.3 is 0 Å². The van der Waals surface area contributed by atoms with Crippen LogP contribution in [0.5, 0.6) is 5.75 Å². The van der Waals surface area contributed by atoms with Crippen LogP contribution in [0.25, 0.3) is 6.08 Å². The van der Waals surface area contributed by atoms with Crippen LogP contribution in [0.2, 0.25) is 0 Å². The predicted octanol–water partition coefficient (Wildman–Crippen LogP) is 3.31. The van der Waals surface area contributed by atoms with Crippen LogP contribution in [-0.2, 0) is 0 Å². The summed E-state index contributed by atoms with van der Waals surface area (Å²) in [6.45, 7) is 6.12. The lowest BCUT2D eigenvalue weighted by atomic mass is 10.1. The molecule has 88 valence electrons. The Hall–Kier alpha value is -1.51. The Morgan fingerprint density at radius 2 is 2.19 bits per heavy atom. The van der Waals surface area contributed by atoms with E-state index in [-0.39, 0.29) is 11.7 Å². The van der Waals surface area contributed by atoms with Crippen LogP contribution in [0.15, 0.2) is 12.1 Å². The highest BCUT2D eigenvalue weighted by Crippen LogP contribution is 2.27. The molecule has 3 heteroatoms. The van der Waals surface area contributed by atoms with E-state index < -0.39 is 0 Å². The summed E-state index contributed by atoms with van der Waals surface area (Å²) in [4.78, 5) is 4.38. The van der Waals surface area contributed by atoms with Crippen molar-refractivity contribution in [2.75, 3.05) is 5.73 Å². The Kier molecular flexibility index (Phi) is 4.35. The quantitative estimate of drug-likeness (QED) is 0.818. The topological polar surface area (TPSA) is 59.1 Å². The lowest BCUT2D eigenvalue weighted by molar-refractivity contribution is 0.460. The van der Waals surface area contributed by atoms with Gasteiger partial charge in [0, 0.05) is 6.07 Å². The molecule has 1 heterocycles. The van der Waals surface area contributed by atoms with E-state index in [4.69, 9.17) is 5.73 Å². The van der Waals surface area contributed by atoms with Crippen LogP contribution in [0.1, 0.15) is 50.9 Å². The van der Waals surface area contributed by atoms with Crippen LogP contribution in [-0.4, -0.2) is 10.1 Å². The van der Waals surface area contributed by atoms with Crippen molar-refractivity contribution in [2.45, 2.75) is 39.5 Å². The first-order valence-electron chi connectivity index (χ1n) is 5.72. The molecule has 0 spiro atoms. The zero-order valence-corrected chi connectivity index (χ0v) is 10.2. The Labute approximate surface area is 97.0 Å². The lowest BCUT2D eigenvalue weighted by Gasteiger charge is -2.10. The number of anilines is 1. The number of nitrogens with zero attached hydrogens (tertiary/aromatic N) is 1. The zero-order valence-electron chi connectivity index (χ0n) is 10.2.